The van der Waals surface area contributed by atoms with Gasteiger partial charge in [-0.05, 0) is 52.7 Å². The number of benzene rings is 3. The van der Waals surface area contributed by atoms with Crippen LogP contribution in [0.1, 0.15) is 26.3 Å². The average Bonchev–Trinajstić information content (AvgIpc) is 2.65. The van der Waals surface area contributed by atoms with E-state index in [9.17, 15) is 14.0 Å². The van der Waals surface area contributed by atoms with Crippen LogP contribution in [0.15, 0.2) is 60.7 Å². The van der Waals surface area contributed by atoms with Crippen LogP contribution in [-0.2, 0) is 11.3 Å². The van der Waals surface area contributed by atoms with Crippen molar-refractivity contribution in [2.45, 2.75) is 6.54 Å². The van der Waals surface area contributed by atoms with Crippen molar-refractivity contribution in [3.63, 3.8) is 0 Å². The van der Waals surface area contributed by atoms with Crippen molar-refractivity contribution in [3.05, 3.63) is 83.2 Å². The Bertz CT molecular complexity index is 935. The summed E-state index contributed by atoms with van der Waals surface area (Å²) in [7, 11) is 1.33. The van der Waals surface area contributed by atoms with Crippen LogP contribution in [0.2, 0.25) is 0 Å². The second kappa shape index (κ2) is 7.13. The van der Waals surface area contributed by atoms with Crippen LogP contribution in [0.3, 0.4) is 0 Å². The van der Waals surface area contributed by atoms with Gasteiger partial charge in [-0.15, -0.1) is 0 Å². The van der Waals surface area contributed by atoms with Gasteiger partial charge in [-0.1, -0.05) is 24.3 Å². The van der Waals surface area contributed by atoms with Gasteiger partial charge in [0.15, 0.2) is 0 Å². The normalized spacial score (nSPS) is 10.5. The highest BCUT2D eigenvalue weighted by Crippen LogP contribution is 2.19. The number of hydrogen-bond acceptors (Lipinski definition) is 3. The van der Waals surface area contributed by atoms with Crippen LogP contribution >= 0.6 is 0 Å². The standard InChI is InChI=1S/C20H16FNO3/c1-25-20(24)17-7-5-14-10-16(6-4-15(14)11-17)19(23)22-12-13-2-8-18(21)9-3-13/h2-11H,12H2,1H3,(H,22,23). The number of rotatable bonds is 4. The number of amides is 1. The molecule has 0 saturated heterocycles. The molecule has 0 spiro atoms. The number of halogens is 1. The van der Waals surface area contributed by atoms with Crippen LogP contribution < -0.4 is 5.32 Å². The molecule has 25 heavy (non-hydrogen) atoms. The van der Waals surface area contributed by atoms with Crippen molar-refractivity contribution in [1.29, 1.82) is 0 Å². The van der Waals surface area contributed by atoms with Crippen LogP contribution in [0.4, 0.5) is 4.39 Å². The number of fused-ring (bicyclic) bond motifs is 1. The number of carbonyl (C=O) groups is 2. The van der Waals surface area contributed by atoms with Crippen LogP contribution in [-0.4, -0.2) is 19.0 Å². The van der Waals surface area contributed by atoms with Gasteiger partial charge in [0.05, 0.1) is 12.7 Å². The Morgan fingerprint density at radius 1 is 0.920 bits per heavy atom. The molecule has 3 rings (SSSR count). The zero-order valence-corrected chi connectivity index (χ0v) is 13.6. The lowest BCUT2D eigenvalue weighted by molar-refractivity contribution is 0.0600. The smallest absolute Gasteiger partial charge is 0.337 e. The van der Waals surface area contributed by atoms with Gasteiger partial charge in [0, 0.05) is 12.1 Å². The maximum Gasteiger partial charge on any atom is 0.337 e. The summed E-state index contributed by atoms with van der Waals surface area (Å²) in [4.78, 5) is 23.9. The fraction of sp³-hybridized carbons (Fsp3) is 0.100. The van der Waals surface area contributed by atoms with Crippen molar-refractivity contribution in [3.8, 4) is 0 Å². The highest BCUT2D eigenvalue weighted by atomic mass is 19.1. The van der Waals surface area contributed by atoms with Gasteiger partial charge in [-0.3, -0.25) is 4.79 Å². The first-order chi connectivity index (χ1) is 12.1. The summed E-state index contributed by atoms with van der Waals surface area (Å²) < 4.78 is 17.6. The molecule has 0 unspecified atom stereocenters. The van der Waals surface area contributed by atoms with Gasteiger partial charge in [0.1, 0.15) is 5.82 Å². The summed E-state index contributed by atoms with van der Waals surface area (Å²) in [6.07, 6.45) is 0. The topological polar surface area (TPSA) is 55.4 Å². The number of nitrogens with one attached hydrogen (secondary N) is 1. The number of esters is 1. The Morgan fingerprint density at radius 3 is 2.16 bits per heavy atom. The van der Waals surface area contributed by atoms with Crippen LogP contribution in [0.5, 0.6) is 0 Å². The van der Waals surface area contributed by atoms with E-state index in [4.69, 9.17) is 4.74 Å². The quantitative estimate of drug-likeness (QED) is 0.739. The molecule has 1 amide bonds. The molecule has 4 nitrogen and oxygen atoms in total. The van der Waals surface area contributed by atoms with E-state index >= 15 is 0 Å². The molecule has 126 valence electrons. The third kappa shape index (κ3) is 3.83. The molecule has 0 bridgehead atoms. The first-order valence-electron chi connectivity index (χ1n) is 7.71. The van der Waals surface area contributed by atoms with Gasteiger partial charge < -0.3 is 10.1 Å². The minimum atomic E-state index is -0.400. The van der Waals surface area contributed by atoms with Crippen LogP contribution in [0.25, 0.3) is 10.8 Å². The molecule has 1 N–H and O–H groups in total. The van der Waals surface area contributed by atoms with Crippen molar-refractivity contribution in [2.24, 2.45) is 0 Å². The Morgan fingerprint density at radius 2 is 1.52 bits per heavy atom. The Kier molecular flexibility index (Phi) is 4.75. The van der Waals surface area contributed by atoms with E-state index in [-0.39, 0.29) is 11.7 Å². The lowest BCUT2D eigenvalue weighted by Crippen LogP contribution is -2.22. The summed E-state index contributed by atoms with van der Waals surface area (Å²) >= 11 is 0. The molecule has 0 saturated carbocycles. The second-order valence-electron chi connectivity index (χ2n) is 5.58. The third-order valence-electron chi connectivity index (χ3n) is 3.89. The Labute approximate surface area is 144 Å². The monoisotopic (exact) mass is 337 g/mol. The third-order valence-corrected chi connectivity index (χ3v) is 3.89. The first-order valence-corrected chi connectivity index (χ1v) is 7.71. The molecular weight excluding hydrogens is 321 g/mol. The number of ether oxygens (including phenoxy) is 1. The van der Waals surface area contributed by atoms with E-state index in [1.54, 1.807) is 48.5 Å². The minimum Gasteiger partial charge on any atom is -0.465 e. The molecule has 0 atom stereocenters. The first kappa shape index (κ1) is 16.6. The van der Waals surface area contributed by atoms with Crippen molar-refractivity contribution in [1.82, 2.24) is 5.32 Å². The number of carbonyl (C=O) groups excluding carboxylic acids is 2. The van der Waals surface area contributed by atoms with Crippen molar-refractivity contribution in [2.75, 3.05) is 7.11 Å². The zero-order valence-electron chi connectivity index (χ0n) is 13.6. The molecule has 0 radical (unpaired) electrons. The Hall–Kier alpha value is -3.21. The number of hydrogen-bond donors (Lipinski definition) is 1. The van der Waals surface area contributed by atoms with E-state index in [0.29, 0.717) is 17.7 Å². The molecule has 3 aromatic rings. The molecular formula is C20H16FNO3. The van der Waals surface area contributed by atoms with Gasteiger partial charge in [0.25, 0.3) is 5.91 Å². The lowest BCUT2D eigenvalue weighted by atomic mass is 10.0. The van der Waals surface area contributed by atoms with E-state index < -0.39 is 5.97 Å². The lowest BCUT2D eigenvalue weighted by Gasteiger charge is -2.07. The van der Waals surface area contributed by atoms with E-state index in [2.05, 4.69) is 5.32 Å². The predicted octanol–water partition coefficient (Wildman–Crippen LogP) is 3.70. The van der Waals surface area contributed by atoms with Gasteiger partial charge in [0.2, 0.25) is 0 Å². The van der Waals surface area contributed by atoms with Crippen molar-refractivity contribution < 1.29 is 18.7 Å². The zero-order chi connectivity index (χ0) is 17.8. The van der Waals surface area contributed by atoms with Gasteiger partial charge in [-0.2, -0.15) is 0 Å². The molecule has 0 heterocycles. The molecule has 0 aliphatic carbocycles. The summed E-state index contributed by atoms with van der Waals surface area (Å²) in [5.41, 5.74) is 1.79. The highest BCUT2D eigenvalue weighted by Gasteiger charge is 2.09. The van der Waals surface area contributed by atoms with Gasteiger partial charge >= 0.3 is 5.97 Å². The molecule has 0 fully saturated rings. The molecule has 5 heteroatoms. The largest absolute Gasteiger partial charge is 0.465 e. The van der Waals surface area contributed by atoms with E-state index in [1.165, 1.54) is 19.2 Å². The molecule has 0 aliphatic rings. The van der Waals surface area contributed by atoms with E-state index in [0.717, 1.165) is 16.3 Å². The summed E-state index contributed by atoms with van der Waals surface area (Å²) in [6.45, 7) is 0.318. The molecule has 3 aromatic carbocycles. The number of methoxy groups -OCH3 is 1. The maximum atomic E-state index is 12.9. The van der Waals surface area contributed by atoms with Crippen molar-refractivity contribution >= 4 is 22.6 Å². The highest BCUT2D eigenvalue weighted by molar-refractivity contribution is 6.00. The summed E-state index contributed by atoms with van der Waals surface area (Å²) in [5.74, 6) is -0.929. The fourth-order valence-electron chi connectivity index (χ4n) is 2.52. The second-order valence-corrected chi connectivity index (χ2v) is 5.58. The SMILES string of the molecule is COC(=O)c1ccc2cc(C(=O)NCc3ccc(F)cc3)ccc2c1. The van der Waals surface area contributed by atoms with Crippen LogP contribution in [0, 0.1) is 5.82 Å². The average molecular weight is 337 g/mol. The predicted molar refractivity (Wildman–Crippen MR) is 92.9 cm³/mol. The Balaban J connectivity index is 1.75. The minimum absolute atomic E-state index is 0.219. The van der Waals surface area contributed by atoms with E-state index in [1.807, 2.05) is 0 Å². The molecule has 0 aromatic heterocycles. The summed E-state index contributed by atoms with van der Waals surface area (Å²) in [6, 6.07) is 16.4. The molecule has 0 aliphatic heterocycles. The summed E-state index contributed by atoms with van der Waals surface area (Å²) in [5, 5.41) is 4.50. The fourth-order valence-corrected chi connectivity index (χ4v) is 2.52. The maximum absolute atomic E-state index is 12.9. The van der Waals surface area contributed by atoms with Gasteiger partial charge in [-0.25, -0.2) is 9.18 Å².